The number of anilines is 1. The fraction of sp³-hybridized carbons (Fsp3) is 0.600. The minimum Gasteiger partial charge on any atom is -0.370 e. The number of piperidine rings is 1. The fourth-order valence-corrected chi connectivity index (χ4v) is 3.24. The SMILES string of the molecule is CC(N)c1cc(Br)ccc1N(C)C1CCCN(C)C1. The van der Waals surface area contributed by atoms with Gasteiger partial charge in [-0.15, -0.1) is 0 Å². The van der Waals surface area contributed by atoms with Crippen molar-refractivity contribution >= 4 is 21.6 Å². The maximum absolute atomic E-state index is 6.12. The van der Waals surface area contributed by atoms with Gasteiger partial charge in [-0.05, 0) is 57.1 Å². The first-order valence-electron chi connectivity index (χ1n) is 6.95. The van der Waals surface area contributed by atoms with E-state index in [0.717, 1.165) is 11.0 Å². The van der Waals surface area contributed by atoms with Crippen LogP contribution >= 0.6 is 15.9 Å². The minimum atomic E-state index is 0.0521. The molecule has 19 heavy (non-hydrogen) atoms. The number of benzene rings is 1. The van der Waals surface area contributed by atoms with Crippen LogP contribution in [-0.2, 0) is 0 Å². The number of hydrogen-bond donors (Lipinski definition) is 1. The van der Waals surface area contributed by atoms with Crippen LogP contribution in [0.25, 0.3) is 0 Å². The van der Waals surface area contributed by atoms with Crippen LogP contribution in [0, 0.1) is 0 Å². The topological polar surface area (TPSA) is 32.5 Å². The highest BCUT2D eigenvalue weighted by molar-refractivity contribution is 9.10. The molecule has 1 aliphatic heterocycles. The summed E-state index contributed by atoms with van der Waals surface area (Å²) in [5.74, 6) is 0. The molecule has 0 saturated carbocycles. The van der Waals surface area contributed by atoms with Gasteiger partial charge >= 0.3 is 0 Å². The Morgan fingerprint density at radius 3 is 2.84 bits per heavy atom. The van der Waals surface area contributed by atoms with Gasteiger partial charge in [-0.3, -0.25) is 0 Å². The van der Waals surface area contributed by atoms with Crippen LogP contribution in [0.3, 0.4) is 0 Å². The van der Waals surface area contributed by atoms with Crippen LogP contribution in [-0.4, -0.2) is 38.1 Å². The first-order chi connectivity index (χ1) is 8.99. The van der Waals surface area contributed by atoms with Gasteiger partial charge in [-0.2, -0.15) is 0 Å². The molecule has 1 aliphatic rings. The second kappa shape index (κ2) is 6.25. The van der Waals surface area contributed by atoms with Crippen molar-refractivity contribution in [3.05, 3.63) is 28.2 Å². The highest BCUT2D eigenvalue weighted by Gasteiger charge is 2.23. The summed E-state index contributed by atoms with van der Waals surface area (Å²) < 4.78 is 1.10. The Kier molecular flexibility index (Phi) is 4.87. The number of likely N-dealkylation sites (tertiary alicyclic amines) is 1. The Labute approximate surface area is 124 Å². The molecule has 4 heteroatoms. The monoisotopic (exact) mass is 325 g/mol. The zero-order chi connectivity index (χ0) is 14.0. The summed E-state index contributed by atoms with van der Waals surface area (Å²) in [6.07, 6.45) is 2.53. The largest absolute Gasteiger partial charge is 0.370 e. The van der Waals surface area contributed by atoms with Crippen molar-refractivity contribution in [1.82, 2.24) is 4.90 Å². The molecule has 0 aromatic heterocycles. The van der Waals surface area contributed by atoms with Crippen molar-refractivity contribution in [2.75, 3.05) is 32.1 Å². The van der Waals surface area contributed by atoms with Gasteiger partial charge in [0.15, 0.2) is 0 Å². The molecule has 1 aromatic rings. The lowest BCUT2D eigenvalue weighted by Crippen LogP contribution is -2.45. The minimum absolute atomic E-state index is 0.0521. The Morgan fingerprint density at radius 2 is 2.21 bits per heavy atom. The van der Waals surface area contributed by atoms with E-state index in [0.29, 0.717) is 6.04 Å². The average Bonchev–Trinajstić information content (AvgIpc) is 2.37. The van der Waals surface area contributed by atoms with E-state index in [1.165, 1.54) is 30.6 Å². The maximum atomic E-state index is 6.12. The van der Waals surface area contributed by atoms with Gasteiger partial charge in [-0.25, -0.2) is 0 Å². The molecule has 1 fully saturated rings. The third-order valence-corrected chi connectivity index (χ3v) is 4.50. The molecule has 0 aliphatic carbocycles. The lowest BCUT2D eigenvalue weighted by atomic mass is 10.0. The zero-order valence-electron chi connectivity index (χ0n) is 12.1. The highest BCUT2D eigenvalue weighted by atomic mass is 79.9. The molecule has 2 rings (SSSR count). The summed E-state index contributed by atoms with van der Waals surface area (Å²) in [4.78, 5) is 4.82. The second-order valence-electron chi connectivity index (χ2n) is 5.66. The standard InChI is InChI=1S/C15H24BrN3/c1-11(17)14-9-12(16)6-7-15(14)19(3)13-5-4-8-18(2)10-13/h6-7,9,11,13H,4-5,8,10,17H2,1-3H3. The Balaban J connectivity index is 2.25. The van der Waals surface area contributed by atoms with E-state index in [2.05, 4.69) is 58.0 Å². The number of nitrogens with two attached hydrogens (primary N) is 1. The summed E-state index contributed by atoms with van der Waals surface area (Å²) in [5, 5.41) is 0. The number of halogens is 1. The molecular formula is C15H24BrN3. The van der Waals surface area contributed by atoms with Gasteiger partial charge < -0.3 is 15.5 Å². The van der Waals surface area contributed by atoms with E-state index in [4.69, 9.17) is 5.73 Å². The molecule has 2 unspecified atom stereocenters. The Bertz CT molecular complexity index is 433. The van der Waals surface area contributed by atoms with Crippen molar-refractivity contribution in [3.8, 4) is 0 Å². The molecule has 3 nitrogen and oxygen atoms in total. The van der Waals surface area contributed by atoms with Crippen molar-refractivity contribution < 1.29 is 0 Å². The van der Waals surface area contributed by atoms with Crippen LogP contribution in [0.4, 0.5) is 5.69 Å². The average molecular weight is 326 g/mol. The van der Waals surface area contributed by atoms with Crippen LogP contribution in [0.15, 0.2) is 22.7 Å². The quantitative estimate of drug-likeness (QED) is 0.927. The molecular weight excluding hydrogens is 302 g/mol. The lowest BCUT2D eigenvalue weighted by Gasteiger charge is -2.38. The van der Waals surface area contributed by atoms with Gasteiger partial charge in [0.05, 0.1) is 0 Å². The molecule has 1 saturated heterocycles. The third-order valence-electron chi connectivity index (χ3n) is 4.01. The van der Waals surface area contributed by atoms with Crippen molar-refractivity contribution in [3.63, 3.8) is 0 Å². The number of likely N-dealkylation sites (N-methyl/N-ethyl adjacent to an activating group) is 2. The first kappa shape index (κ1) is 14.8. The highest BCUT2D eigenvalue weighted by Crippen LogP contribution is 2.30. The van der Waals surface area contributed by atoms with Gasteiger partial charge in [0, 0.05) is 35.8 Å². The van der Waals surface area contributed by atoms with E-state index in [9.17, 15) is 0 Å². The molecule has 2 N–H and O–H groups in total. The molecule has 106 valence electrons. The predicted molar refractivity (Wildman–Crippen MR) is 85.7 cm³/mol. The van der Waals surface area contributed by atoms with Crippen LogP contribution in [0.2, 0.25) is 0 Å². The predicted octanol–water partition coefficient (Wildman–Crippen LogP) is 3.00. The zero-order valence-corrected chi connectivity index (χ0v) is 13.7. The van der Waals surface area contributed by atoms with Gasteiger partial charge in [0.2, 0.25) is 0 Å². The van der Waals surface area contributed by atoms with Crippen LogP contribution in [0.1, 0.15) is 31.4 Å². The molecule has 0 spiro atoms. The van der Waals surface area contributed by atoms with E-state index >= 15 is 0 Å². The van der Waals surface area contributed by atoms with Crippen molar-refractivity contribution in [1.29, 1.82) is 0 Å². The Morgan fingerprint density at radius 1 is 1.47 bits per heavy atom. The van der Waals surface area contributed by atoms with Gasteiger partial charge in [-0.1, -0.05) is 15.9 Å². The van der Waals surface area contributed by atoms with E-state index in [-0.39, 0.29) is 6.04 Å². The maximum Gasteiger partial charge on any atom is 0.0415 e. The summed E-state index contributed by atoms with van der Waals surface area (Å²) in [6.45, 7) is 4.39. The number of nitrogens with zero attached hydrogens (tertiary/aromatic N) is 2. The van der Waals surface area contributed by atoms with Crippen molar-refractivity contribution in [2.45, 2.75) is 31.8 Å². The van der Waals surface area contributed by atoms with Crippen LogP contribution in [0.5, 0.6) is 0 Å². The summed E-state index contributed by atoms with van der Waals surface area (Å²) in [7, 11) is 4.40. The van der Waals surface area contributed by atoms with E-state index in [1.807, 2.05) is 6.92 Å². The summed E-state index contributed by atoms with van der Waals surface area (Å²) in [6, 6.07) is 7.05. The second-order valence-corrected chi connectivity index (χ2v) is 6.58. The molecule has 1 heterocycles. The third kappa shape index (κ3) is 3.50. The first-order valence-corrected chi connectivity index (χ1v) is 7.74. The molecule has 1 aromatic carbocycles. The number of hydrogen-bond acceptors (Lipinski definition) is 3. The van der Waals surface area contributed by atoms with Gasteiger partial charge in [0.25, 0.3) is 0 Å². The molecule has 2 atom stereocenters. The smallest absolute Gasteiger partial charge is 0.0415 e. The normalized spacial score (nSPS) is 22.3. The van der Waals surface area contributed by atoms with E-state index < -0.39 is 0 Å². The van der Waals surface area contributed by atoms with Crippen LogP contribution < -0.4 is 10.6 Å². The lowest BCUT2D eigenvalue weighted by molar-refractivity contribution is 0.248. The molecule has 0 bridgehead atoms. The van der Waals surface area contributed by atoms with E-state index in [1.54, 1.807) is 0 Å². The van der Waals surface area contributed by atoms with Gasteiger partial charge in [0.1, 0.15) is 0 Å². The summed E-state index contributed by atoms with van der Waals surface area (Å²) in [5.41, 5.74) is 8.60. The fourth-order valence-electron chi connectivity index (χ4n) is 2.86. The molecule has 0 radical (unpaired) electrons. The summed E-state index contributed by atoms with van der Waals surface area (Å²) >= 11 is 3.54. The molecule has 0 amide bonds. The van der Waals surface area contributed by atoms with Crippen molar-refractivity contribution in [2.24, 2.45) is 5.73 Å². The Hall–Kier alpha value is -0.580. The number of rotatable bonds is 3.